The van der Waals surface area contributed by atoms with Crippen molar-refractivity contribution in [2.45, 2.75) is 18.8 Å². The summed E-state index contributed by atoms with van der Waals surface area (Å²) in [5.74, 6) is 0. The quantitative estimate of drug-likeness (QED) is 0.855. The fourth-order valence-corrected chi connectivity index (χ4v) is 2.35. The Hall–Kier alpha value is -1.88. The van der Waals surface area contributed by atoms with Gasteiger partial charge in [0.25, 0.3) is 0 Å². The van der Waals surface area contributed by atoms with E-state index in [1.54, 1.807) is 0 Å². The summed E-state index contributed by atoms with van der Waals surface area (Å²) < 4.78 is 38.1. The van der Waals surface area contributed by atoms with Crippen LogP contribution in [0.1, 0.15) is 28.4 Å². The zero-order valence-electron chi connectivity index (χ0n) is 9.91. The van der Waals surface area contributed by atoms with Crippen molar-refractivity contribution in [2.75, 3.05) is 0 Å². The van der Waals surface area contributed by atoms with Crippen LogP contribution in [0, 0.1) is 0 Å². The molecule has 0 saturated carbocycles. The van der Waals surface area contributed by atoms with E-state index in [4.69, 9.17) is 0 Å². The number of fused-ring (bicyclic) bond motifs is 1. The summed E-state index contributed by atoms with van der Waals surface area (Å²) in [6, 6.07) is 9.52. The molecule has 0 saturated heterocycles. The Balaban J connectivity index is 2.01. The average Bonchev–Trinajstić information content (AvgIpc) is 2.82. The molecule has 2 aromatic rings. The van der Waals surface area contributed by atoms with E-state index in [1.807, 2.05) is 24.3 Å². The Labute approximate surface area is 108 Å². The molecule has 1 aromatic heterocycles. The number of pyridine rings is 1. The molecule has 0 spiro atoms. The van der Waals surface area contributed by atoms with E-state index in [1.165, 1.54) is 6.20 Å². The molecule has 0 aliphatic carbocycles. The van der Waals surface area contributed by atoms with E-state index in [0.29, 0.717) is 12.2 Å². The molecule has 5 heteroatoms. The average molecular weight is 264 g/mol. The van der Waals surface area contributed by atoms with Crippen LogP contribution in [0.4, 0.5) is 13.2 Å². The van der Waals surface area contributed by atoms with Gasteiger partial charge in [-0.25, -0.2) is 0 Å². The standard InChI is InChI=1S/C14H11F3N2/c15-14(16,17)10-5-6-18-12(7-10)13-11-4-2-1-3-9(11)8-19-13/h1-7,13,19H,8H2. The zero-order chi connectivity index (χ0) is 13.5. The molecular weight excluding hydrogens is 253 g/mol. The number of nitrogens with one attached hydrogen (secondary N) is 1. The Bertz CT molecular complexity index is 608. The lowest BCUT2D eigenvalue weighted by molar-refractivity contribution is -0.137. The van der Waals surface area contributed by atoms with Crippen molar-refractivity contribution in [2.24, 2.45) is 0 Å². The highest BCUT2D eigenvalue weighted by atomic mass is 19.4. The van der Waals surface area contributed by atoms with Crippen LogP contribution >= 0.6 is 0 Å². The van der Waals surface area contributed by atoms with E-state index in [0.717, 1.165) is 23.3 Å². The minimum Gasteiger partial charge on any atom is -0.301 e. The van der Waals surface area contributed by atoms with Crippen LogP contribution in [0.15, 0.2) is 42.6 Å². The monoisotopic (exact) mass is 264 g/mol. The van der Waals surface area contributed by atoms with Gasteiger partial charge in [0.1, 0.15) is 0 Å². The lowest BCUT2D eigenvalue weighted by Gasteiger charge is -2.14. The second-order valence-electron chi connectivity index (χ2n) is 4.48. The number of hydrogen-bond acceptors (Lipinski definition) is 2. The van der Waals surface area contributed by atoms with Gasteiger partial charge in [-0.05, 0) is 23.3 Å². The molecular formula is C14H11F3N2. The molecule has 1 aromatic carbocycles. The van der Waals surface area contributed by atoms with Gasteiger partial charge in [0.05, 0.1) is 17.3 Å². The normalized spacial score (nSPS) is 18.4. The molecule has 0 amide bonds. The van der Waals surface area contributed by atoms with Crippen LogP contribution in [-0.2, 0) is 12.7 Å². The fourth-order valence-electron chi connectivity index (χ4n) is 2.35. The first kappa shape index (κ1) is 12.2. The lowest BCUT2D eigenvalue weighted by atomic mass is 10.0. The number of hydrogen-bond donors (Lipinski definition) is 1. The molecule has 0 fully saturated rings. The highest BCUT2D eigenvalue weighted by Gasteiger charge is 2.32. The van der Waals surface area contributed by atoms with Gasteiger partial charge < -0.3 is 5.32 Å². The Morgan fingerprint density at radius 2 is 1.95 bits per heavy atom. The van der Waals surface area contributed by atoms with Gasteiger partial charge in [0, 0.05) is 12.7 Å². The van der Waals surface area contributed by atoms with Crippen LogP contribution in [-0.4, -0.2) is 4.98 Å². The number of benzene rings is 1. The summed E-state index contributed by atoms with van der Waals surface area (Å²) in [5.41, 5.74) is 1.84. The van der Waals surface area contributed by atoms with Gasteiger partial charge in [-0.3, -0.25) is 4.98 Å². The zero-order valence-corrected chi connectivity index (χ0v) is 9.91. The van der Waals surface area contributed by atoms with Crippen LogP contribution in [0.5, 0.6) is 0 Å². The maximum atomic E-state index is 12.7. The number of alkyl halides is 3. The van der Waals surface area contributed by atoms with Gasteiger partial charge >= 0.3 is 6.18 Å². The van der Waals surface area contributed by atoms with Crippen molar-refractivity contribution in [1.29, 1.82) is 0 Å². The van der Waals surface area contributed by atoms with Gasteiger partial charge in [-0.15, -0.1) is 0 Å². The molecule has 0 bridgehead atoms. The second-order valence-corrected chi connectivity index (χ2v) is 4.48. The van der Waals surface area contributed by atoms with Crippen LogP contribution < -0.4 is 5.32 Å². The summed E-state index contributed by atoms with van der Waals surface area (Å²) in [4.78, 5) is 4.07. The predicted molar refractivity (Wildman–Crippen MR) is 64.4 cm³/mol. The summed E-state index contributed by atoms with van der Waals surface area (Å²) in [5, 5.41) is 3.19. The van der Waals surface area contributed by atoms with Crippen molar-refractivity contribution >= 4 is 0 Å². The Morgan fingerprint density at radius 1 is 1.16 bits per heavy atom. The highest BCUT2D eigenvalue weighted by Crippen LogP contribution is 2.33. The first-order valence-electron chi connectivity index (χ1n) is 5.90. The van der Waals surface area contributed by atoms with Crippen molar-refractivity contribution < 1.29 is 13.2 Å². The molecule has 19 heavy (non-hydrogen) atoms. The van der Waals surface area contributed by atoms with Crippen LogP contribution in [0.2, 0.25) is 0 Å². The van der Waals surface area contributed by atoms with Crippen LogP contribution in [0.3, 0.4) is 0 Å². The van der Waals surface area contributed by atoms with Gasteiger partial charge in [0.15, 0.2) is 0 Å². The minimum absolute atomic E-state index is 0.265. The molecule has 3 rings (SSSR count). The smallest absolute Gasteiger partial charge is 0.301 e. The van der Waals surface area contributed by atoms with Crippen molar-refractivity contribution in [3.05, 3.63) is 65.0 Å². The maximum absolute atomic E-state index is 12.7. The number of nitrogens with zero attached hydrogens (tertiary/aromatic N) is 1. The number of aromatic nitrogens is 1. The molecule has 1 N–H and O–H groups in total. The molecule has 0 radical (unpaired) electrons. The molecule has 1 unspecified atom stereocenters. The minimum atomic E-state index is -4.34. The van der Waals surface area contributed by atoms with Gasteiger partial charge in [-0.1, -0.05) is 24.3 Å². The Morgan fingerprint density at radius 3 is 2.74 bits per heavy atom. The highest BCUT2D eigenvalue weighted by molar-refractivity contribution is 5.39. The first-order chi connectivity index (χ1) is 9.05. The van der Waals surface area contributed by atoms with E-state index in [2.05, 4.69) is 10.3 Å². The number of rotatable bonds is 1. The van der Waals surface area contributed by atoms with E-state index < -0.39 is 11.7 Å². The largest absolute Gasteiger partial charge is 0.416 e. The van der Waals surface area contributed by atoms with E-state index in [9.17, 15) is 13.2 Å². The molecule has 1 aliphatic heterocycles. The predicted octanol–water partition coefficient (Wildman–Crippen LogP) is 3.29. The van der Waals surface area contributed by atoms with E-state index >= 15 is 0 Å². The maximum Gasteiger partial charge on any atom is 0.416 e. The second kappa shape index (κ2) is 4.35. The summed E-state index contributed by atoms with van der Waals surface area (Å²) >= 11 is 0. The van der Waals surface area contributed by atoms with E-state index in [-0.39, 0.29) is 6.04 Å². The summed E-state index contributed by atoms with van der Waals surface area (Å²) in [6.07, 6.45) is -3.13. The third-order valence-electron chi connectivity index (χ3n) is 3.27. The molecule has 98 valence electrons. The topological polar surface area (TPSA) is 24.9 Å². The molecule has 2 heterocycles. The molecule has 1 atom stereocenters. The fraction of sp³-hybridized carbons (Fsp3) is 0.214. The third kappa shape index (κ3) is 2.21. The molecule has 2 nitrogen and oxygen atoms in total. The SMILES string of the molecule is FC(F)(F)c1ccnc(C2NCc3ccccc32)c1. The third-order valence-corrected chi connectivity index (χ3v) is 3.27. The Kier molecular flexibility index (Phi) is 2.78. The van der Waals surface area contributed by atoms with Crippen molar-refractivity contribution in [1.82, 2.24) is 10.3 Å². The summed E-state index contributed by atoms with van der Waals surface area (Å²) in [6.45, 7) is 0.652. The summed E-state index contributed by atoms with van der Waals surface area (Å²) in [7, 11) is 0. The van der Waals surface area contributed by atoms with Gasteiger partial charge in [0.2, 0.25) is 0 Å². The molecule has 1 aliphatic rings. The number of halogens is 3. The van der Waals surface area contributed by atoms with Crippen molar-refractivity contribution in [3.63, 3.8) is 0 Å². The van der Waals surface area contributed by atoms with Crippen molar-refractivity contribution in [3.8, 4) is 0 Å². The van der Waals surface area contributed by atoms with Gasteiger partial charge in [-0.2, -0.15) is 13.2 Å². The lowest BCUT2D eigenvalue weighted by Crippen LogP contribution is -2.16. The van der Waals surface area contributed by atoms with Crippen LogP contribution in [0.25, 0.3) is 0 Å². The first-order valence-corrected chi connectivity index (χ1v) is 5.90.